The molecule has 0 radical (unpaired) electrons. The minimum atomic E-state index is 0.187. The standard InChI is InChI=1S/C13H13BrN2O/c1-9-12(14)3-2-4-13(9)16-7-10-5-6-11(17)8-15-10/h2-6,8,16-17H,7H2,1H3. The third kappa shape index (κ3) is 2.97. The molecule has 1 heterocycles. The van der Waals surface area contributed by atoms with E-state index >= 15 is 0 Å². The van der Waals surface area contributed by atoms with Crippen molar-refractivity contribution in [3.63, 3.8) is 0 Å². The lowest BCUT2D eigenvalue weighted by molar-refractivity contribution is 0.472. The van der Waals surface area contributed by atoms with Crippen molar-refractivity contribution in [1.82, 2.24) is 4.98 Å². The normalized spacial score (nSPS) is 10.2. The van der Waals surface area contributed by atoms with Gasteiger partial charge in [0.2, 0.25) is 0 Å². The highest BCUT2D eigenvalue weighted by atomic mass is 79.9. The molecule has 0 bridgehead atoms. The monoisotopic (exact) mass is 292 g/mol. The molecular weight excluding hydrogens is 280 g/mol. The van der Waals surface area contributed by atoms with E-state index in [1.54, 1.807) is 12.1 Å². The van der Waals surface area contributed by atoms with Gasteiger partial charge in [0.05, 0.1) is 18.4 Å². The summed E-state index contributed by atoms with van der Waals surface area (Å²) in [5, 5.41) is 12.4. The quantitative estimate of drug-likeness (QED) is 0.910. The molecule has 2 rings (SSSR count). The number of benzene rings is 1. The van der Waals surface area contributed by atoms with Crippen molar-refractivity contribution in [3.8, 4) is 5.75 Å². The first-order chi connectivity index (χ1) is 8.16. The highest BCUT2D eigenvalue weighted by Crippen LogP contribution is 2.23. The highest BCUT2D eigenvalue weighted by molar-refractivity contribution is 9.10. The van der Waals surface area contributed by atoms with Crippen molar-refractivity contribution in [1.29, 1.82) is 0 Å². The molecule has 3 nitrogen and oxygen atoms in total. The molecule has 0 saturated heterocycles. The number of hydrogen-bond donors (Lipinski definition) is 2. The van der Waals surface area contributed by atoms with Gasteiger partial charge in [-0.1, -0.05) is 22.0 Å². The molecule has 4 heteroatoms. The summed E-state index contributed by atoms with van der Waals surface area (Å²) in [4.78, 5) is 4.12. The zero-order valence-corrected chi connectivity index (χ0v) is 11.0. The van der Waals surface area contributed by atoms with Crippen molar-refractivity contribution in [3.05, 3.63) is 52.3 Å². The van der Waals surface area contributed by atoms with Gasteiger partial charge >= 0.3 is 0 Å². The van der Waals surface area contributed by atoms with Crippen LogP contribution in [0.1, 0.15) is 11.3 Å². The molecular formula is C13H13BrN2O. The van der Waals surface area contributed by atoms with Gasteiger partial charge in [0.15, 0.2) is 0 Å². The Morgan fingerprint density at radius 1 is 1.29 bits per heavy atom. The predicted molar refractivity (Wildman–Crippen MR) is 72.1 cm³/mol. The first-order valence-electron chi connectivity index (χ1n) is 5.29. The van der Waals surface area contributed by atoms with Crippen LogP contribution in [-0.4, -0.2) is 10.1 Å². The van der Waals surface area contributed by atoms with Crippen LogP contribution in [0.25, 0.3) is 0 Å². The van der Waals surface area contributed by atoms with E-state index in [2.05, 4.69) is 33.2 Å². The number of hydrogen-bond acceptors (Lipinski definition) is 3. The van der Waals surface area contributed by atoms with Crippen molar-refractivity contribution >= 4 is 21.6 Å². The van der Waals surface area contributed by atoms with E-state index in [1.165, 1.54) is 11.8 Å². The van der Waals surface area contributed by atoms with Crippen LogP contribution in [-0.2, 0) is 6.54 Å². The molecule has 2 N–H and O–H groups in total. The van der Waals surface area contributed by atoms with Crippen molar-refractivity contribution in [2.24, 2.45) is 0 Å². The molecule has 0 saturated carbocycles. The topological polar surface area (TPSA) is 45.1 Å². The number of rotatable bonds is 3. The summed E-state index contributed by atoms with van der Waals surface area (Å²) in [7, 11) is 0. The number of aromatic nitrogens is 1. The van der Waals surface area contributed by atoms with Gasteiger partial charge < -0.3 is 10.4 Å². The van der Waals surface area contributed by atoms with Gasteiger partial charge in [-0.2, -0.15) is 0 Å². The van der Waals surface area contributed by atoms with E-state index in [0.29, 0.717) is 6.54 Å². The Bertz CT molecular complexity index is 511. The Morgan fingerprint density at radius 2 is 2.12 bits per heavy atom. The van der Waals surface area contributed by atoms with Crippen LogP contribution in [0.3, 0.4) is 0 Å². The number of halogens is 1. The zero-order valence-electron chi connectivity index (χ0n) is 9.44. The molecule has 2 aromatic rings. The molecule has 0 aliphatic rings. The van der Waals surface area contributed by atoms with E-state index in [-0.39, 0.29) is 5.75 Å². The second kappa shape index (κ2) is 5.19. The lowest BCUT2D eigenvalue weighted by Crippen LogP contribution is -2.02. The van der Waals surface area contributed by atoms with Gasteiger partial charge in [0.1, 0.15) is 5.75 Å². The fraction of sp³-hybridized carbons (Fsp3) is 0.154. The minimum Gasteiger partial charge on any atom is -0.506 e. The van der Waals surface area contributed by atoms with Crippen LogP contribution in [0.2, 0.25) is 0 Å². The van der Waals surface area contributed by atoms with Gasteiger partial charge in [-0.25, -0.2) is 0 Å². The number of nitrogens with one attached hydrogen (secondary N) is 1. The zero-order chi connectivity index (χ0) is 12.3. The summed E-state index contributed by atoms with van der Waals surface area (Å²) in [6.45, 7) is 2.69. The van der Waals surface area contributed by atoms with Gasteiger partial charge in [0.25, 0.3) is 0 Å². The van der Waals surface area contributed by atoms with Gasteiger partial charge in [-0.3, -0.25) is 4.98 Å². The summed E-state index contributed by atoms with van der Waals surface area (Å²) in [5.74, 6) is 0.187. The lowest BCUT2D eigenvalue weighted by atomic mass is 10.2. The molecule has 0 spiro atoms. The van der Waals surface area contributed by atoms with Gasteiger partial charge in [0, 0.05) is 10.2 Å². The molecule has 0 atom stereocenters. The van der Waals surface area contributed by atoms with E-state index in [4.69, 9.17) is 5.11 Å². The Morgan fingerprint density at radius 3 is 2.82 bits per heavy atom. The lowest BCUT2D eigenvalue weighted by Gasteiger charge is -2.10. The molecule has 0 aliphatic heterocycles. The van der Waals surface area contributed by atoms with E-state index in [0.717, 1.165) is 15.9 Å². The molecule has 17 heavy (non-hydrogen) atoms. The average Bonchev–Trinajstić information content (AvgIpc) is 2.33. The number of aromatic hydroxyl groups is 1. The third-order valence-corrected chi connectivity index (χ3v) is 3.40. The number of nitrogens with zero attached hydrogens (tertiary/aromatic N) is 1. The van der Waals surface area contributed by atoms with Gasteiger partial charge in [-0.15, -0.1) is 0 Å². The number of anilines is 1. The van der Waals surface area contributed by atoms with E-state index in [1.807, 2.05) is 18.2 Å². The summed E-state index contributed by atoms with van der Waals surface area (Å²) in [6, 6.07) is 9.47. The molecule has 1 aromatic carbocycles. The van der Waals surface area contributed by atoms with Crippen molar-refractivity contribution in [2.45, 2.75) is 13.5 Å². The molecule has 0 aliphatic carbocycles. The first kappa shape index (κ1) is 11.9. The minimum absolute atomic E-state index is 0.187. The summed E-state index contributed by atoms with van der Waals surface area (Å²) in [6.07, 6.45) is 1.45. The van der Waals surface area contributed by atoms with Crippen LogP contribution < -0.4 is 5.32 Å². The molecule has 0 unspecified atom stereocenters. The largest absolute Gasteiger partial charge is 0.506 e. The summed E-state index contributed by atoms with van der Waals surface area (Å²) < 4.78 is 1.08. The van der Waals surface area contributed by atoms with E-state index < -0.39 is 0 Å². The highest BCUT2D eigenvalue weighted by Gasteiger charge is 2.01. The summed E-state index contributed by atoms with van der Waals surface area (Å²) >= 11 is 3.49. The van der Waals surface area contributed by atoms with Crippen molar-refractivity contribution in [2.75, 3.05) is 5.32 Å². The fourth-order valence-corrected chi connectivity index (χ4v) is 1.87. The maximum atomic E-state index is 9.13. The van der Waals surface area contributed by atoms with Crippen LogP contribution in [0, 0.1) is 6.92 Å². The third-order valence-electron chi connectivity index (χ3n) is 2.54. The Balaban J connectivity index is 2.07. The SMILES string of the molecule is Cc1c(Br)cccc1NCc1ccc(O)cn1. The molecule has 0 amide bonds. The summed E-state index contributed by atoms with van der Waals surface area (Å²) in [5.41, 5.74) is 3.14. The molecule has 1 aromatic heterocycles. The predicted octanol–water partition coefficient (Wildman–Crippen LogP) is 3.47. The Hall–Kier alpha value is -1.55. The first-order valence-corrected chi connectivity index (χ1v) is 6.09. The second-order valence-corrected chi connectivity index (χ2v) is 4.63. The maximum Gasteiger partial charge on any atom is 0.133 e. The van der Waals surface area contributed by atoms with E-state index in [9.17, 15) is 0 Å². The van der Waals surface area contributed by atoms with Gasteiger partial charge in [-0.05, 0) is 36.8 Å². The molecule has 0 fully saturated rings. The van der Waals surface area contributed by atoms with Crippen LogP contribution >= 0.6 is 15.9 Å². The van der Waals surface area contributed by atoms with Crippen LogP contribution in [0.4, 0.5) is 5.69 Å². The van der Waals surface area contributed by atoms with Crippen molar-refractivity contribution < 1.29 is 5.11 Å². The smallest absolute Gasteiger partial charge is 0.133 e. The Kier molecular flexibility index (Phi) is 3.64. The number of pyridine rings is 1. The second-order valence-electron chi connectivity index (χ2n) is 3.77. The average molecular weight is 293 g/mol. The van der Waals surface area contributed by atoms with Crippen LogP contribution in [0.5, 0.6) is 5.75 Å². The fourth-order valence-electron chi connectivity index (χ4n) is 1.51. The molecule has 88 valence electrons. The Labute approximate surface area is 109 Å². The van der Waals surface area contributed by atoms with Crippen LogP contribution in [0.15, 0.2) is 41.0 Å². The maximum absolute atomic E-state index is 9.13.